The molecule has 2 aromatic carbocycles. The number of likely N-dealkylation sites (tertiary alicyclic amines) is 1. The number of nitrogens with zero attached hydrogens (tertiary/aromatic N) is 1. The van der Waals surface area contributed by atoms with Crippen LogP contribution < -0.4 is 5.32 Å². The Hall–Kier alpha value is -3.00. The number of benzene rings is 2. The highest BCUT2D eigenvalue weighted by molar-refractivity contribution is 8.00. The molecule has 0 saturated carbocycles. The fourth-order valence-corrected chi connectivity index (χ4v) is 4.66. The van der Waals surface area contributed by atoms with Crippen LogP contribution in [-0.2, 0) is 25.7 Å². The number of β-lactam (4-membered cyclic amide) rings is 1. The maximum atomic E-state index is 13.0. The number of amides is 2. The normalized spacial score (nSPS) is 18.8. The zero-order valence-electron chi connectivity index (χ0n) is 17.7. The molecule has 2 aromatic rings. The van der Waals surface area contributed by atoms with Crippen molar-refractivity contribution in [2.45, 2.75) is 42.8 Å². The number of nitrogens with one attached hydrogen (secondary N) is 1. The second kappa shape index (κ2) is 10.3. The molecule has 2 amide bonds. The molecule has 0 aliphatic carbocycles. The van der Waals surface area contributed by atoms with Crippen molar-refractivity contribution in [3.8, 4) is 0 Å². The van der Waals surface area contributed by atoms with Crippen molar-refractivity contribution in [2.75, 3.05) is 7.11 Å². The average molecular weight is 443 g/mol. The molecular formula is C23H26N2O5S. The van der Waals surface area contributed by atoms with Gasteiger partial charge < -0.3 is 19.7 Å². The molecular weight excluding hydrogens is 416 g/mol. The van der Waals surface area contributed by atoms with Crippen molar-refractivity contribution >= 4 is 29.7 Å². The molecule has 3 rings (SSSR count). The Morgan fingerprint density at radius 1 is 1.06 bits per heavy atom. The average Bonchev–Trinajstić information content (AvgIpc) is 2.79. The highest BCUT2D eigenvalue weighted by Gasteiger charge is 2.54. The number of hydrogen-bond acceptors (Lipinski definition) is 6. The summed E-state index contributed by atoms with van der Waals surface area (Å²) in [4.78, 5) is 40.1. The van der Waals surface area contributed by atoms with E-state index in [1.807, 2.05) is 74.5 Å². The Balaban J connectivity index is 1.74. The van der Waals surface area contributed by atoms with Crippen LogP contribution in [0.4, 0.5) is 4.79 Å². The van der Waals surface area contributed by atoms with E-state index in [2.05, 4.69) is 5.32 Å². The van der Waals surface area contributed by atoms with Crippen LogP contribution in [0.3, 0.4) is 0 Å². The van der Waals surface area contributed by atoms with E-state index in [-0.39, 0.29) is 18.4 Å². The van der Waals surface area contributed by atoms with E-state index >= 15 is 0 Å². The maximum Gasteiger partial charge on any atom is 0.408 e. The van der Waals surface area contributed by atoms with Crippen LogP contribution in [0.1, 0.15) is 19.4 Å². The number of ether oxygens (including phenoxy) is 2. The molecule has 1 heterocycles. The molecule has 1 aliphatic heterocycles. The van der Waals surface area contributed by atoms with E-state index in [9.17, 15) is 14.4 Å². The number of methoxy groups -OCH3 is 1. The minimum absolute atomic E-state index is 0.102. The highest BCUT2D eigenvalue weighted by Crippen LogP contribution is 2.38. The number of carbonyl (C=O) groups is 3. The standard InChI is InChI=1S/C23H26N2O5S/c1-15(2)19(22(27)29-3)25-20(26)18(21(25)31-17-12-8-5-9-13-17)24-23(28)30-14-16-10-6-4-7-11-16/h4-13,15,18-19,21H,14H2,1-3H3,(H,24,28)/t18-,19+,21-/m0/s1. The van der Waals surface area contributed by atoms with Crippen LogP contribution in [0.15, 0.2) is 65.6 Å². The third-order valence-corrected chi connectivity index (χ3v) is 6.22. The molecule has 0 spiro atoms. The third kappa shape index (κ3) is 5.38. The van der Waals surface area contributed by atoms with E-state index in [1.54, 1.807) is 0 Å². The molecule has 0 bridgehead atoms. The van der Waals surface area contributed by atoms with Gasteiger partial charge in [0.2, 0.25) is 5.91 Å². The van der Waals surface area contributed by atoms with Gasteiger partial charge in [-0.05, 0) is 23.6 Å². The Kier molecular flexibility index (Phi) is 7.57. The molecule has 3 atom stereocenters. The van der Waals surface area contributed by atoms with Crippen molar-refractivity contribution in [2.24, 2.45) is 5.92 Å². The predicted octanol–water partition coefficient (Wildman–Crippen LogP) is 3.44. The minimum atomic E-state index is -0.806. The van der Waals surface area contributed by atoms with Crippen LogP contribution in [0.25, 0.3) is 0 Å². The Bertz CT molecular complexity index is 907. The fraction of sp³-hybridized carbons (Fsp3) is 0.348. The third-order valence-electron chi connectivity index (χ3n) is 4.94. The quantitative estimate of drug-likeness (QED) is 0.498. The minimum Gasteiger partial charge on any atom is -0.467 e. The molecule has 1 saturated heterocycles. The smallest absolute Gasteiger partial charge is 0.408 e. The fourth-order valence-electron chi connectivity index (χ4n) is 3.40. The lowest BCUT2D eigenvalue weighted by Crippen LogP contribution is -2.73. The van der Waals surface area contributed by atoms with Gasteiger partial charge in [0.1, 0.15) is 24.1 Å². The molecule has 1 aliphatic rings. The summed E-state index contributed by atoms with van der Waals surface area (Å²) in [6, 6.07) is 17.3. The Morgan fingerprint density at radius 3 is 2.26 bits per heavy atom. The van der Waals surface area contributed by atoms with Gasteiger partial charge in [-0.25, -0.2) is 9.59 Å². The number of esters is 1. The second-order valence-corrected chi connectivity index (χ2v) is 8.65. The van der Waals surface area contributed by atoms with Crippen molar-refractivity contribution in [3.63, 3.8) is 0 Å². The predicted molar refractivity (Wildman–Crippen MR) is 117 cm³/mol. The molecule has 1 N–H and O–H groups in total. The number of carbonyl (C=O) groups excluding carboxylic acids is 3. The Labute approximate surface area is 186 Å². The summed E-state index contributed by atoms with van der Waals surface area (Å²) in [5, 5.41) is 2.20. The van der Waals surface area contributed by atoms with E-state index in [0.29, 0.717) is 0 Å². The summed E-state index contributed by atoms with van der Waals surface area (Å²) in [6.45, 7) is 3.81. The van der Waals surface area contributed by atoms with Gasteiger partial charge in [-0.1, -0.05) is 74.1 Å². The Morgan fingerprint density at radius 2 is 1.68 bits per heavy atom. The lowest BCUT2D eigenvalue weighted by Gasteiger charge is -2.50. The van der Waals surface area contributed by atoms with Gasteiger partial charge in [-0.3, -0.25) is 4.79 Å². The first-order valence-corrected chi connectivity index (χ1v) is 10.9. The van der Waals surface area contributed by atoms with Gasteiger partial charge in [0.25, 0.3) is 0 Å². The molecule has 7 nitrogen and oxygen atoms in total. The SMILES string of the molecule is COC(=O)[C@@H](C(C)C)N1C(=O)[C@H](NC(=O)OCc2ccccc2)[C@@H]1Sc1ccccc1. The first-order chi connectivity index (χ1) is 14.9. The van der Waals surface area contributed by atoms with Crippen LogP contribution >= 0.6 is 11.8 Å². The van der Waals surface area contributed by atoms with Gasteiger partial charge in [0.05, 0.1) is 7.11 Å². The topological polar surface area (TPSA) is 84.9 Å². The zero-order valence-corrected chi connectivity index (χ0v) is 18.5. The zero-order chi connectivity index (χ0) is 22.4. The van der Waals surface area contributed by atoms with E-state index < -0.39 is 29.5 Å². The van der Waals surface area contributed by atoms with Crippen LogP contribution in [0, 0.1) is 5.92 Å². The summed E-state index contributed by atoms with van der Waals surface area (Å²) in [5.74, 6) is -0.970. The molecule has 0 unspecified atom stereocenters. The number of alkyl carbamates (subject to hydrolysis) is 1. The first kappa shape index (κ1) is 22.7. The summed E-state index contributed by atoms with van der Waals surface area (Å²) < 4.78 is 10.2. The summed E-state index contributed by atoms with van der Waals surface area (Å²) >= 11 is 1.41. The van der Waals surface area contributed by atoms with E-state index in [4.69, 9.17) is 9.47 Å². The number of thioether (sulfide) groups is 1. The lowest BCUT2D eigenvalue weighted by molar-refractivity contribution is -0.164. The van der Waals surface area contributed by atoms with Gasteiger partial charge in [-0.15, -0.1) is 0 Å². The van der Waals surface area contributed by atoms with E-state index in [1.165, 1.54) is 23.8 Å². The maximum absolute atomic E-state index is 13.0. The molecule has 8 heteroatoms. The molecule has 1 fully saturated rings. The van der Waals surface area contributed by atoms with Crippen molar-refractivity contribution in [1.82, 2.24) is 10.2 Å². The molecule has 0 aromatic heterocycles. The summed E-state index contributed by atoms with van der Waals surface area (Å²) in [6.07, 6.45) is -0.681. The van der Waals surface area contributed by atoms with Gasteiger partial charge in [0, 0.05) is 4.90 Å². The highest BCUT2D eigenvalue weighted by atomic mass is 32.2. The van der Waals surface area contributed by atoms with Crippen LogP contribution in [-0.4, -0.2) is 47.4 Å². The number of hydrogen-bond donors (Lipinski definition) is 1. The molecule has 0 radical (unpaired) electrons. The summed E-state index contributed by atoms with van der Waals surface area (Å²) in [5.41, 5.74) is 0.847. The van der Waals surface area contributed by atoms with Crippen LogP contribution in [0.5, 0.6) is 0 Å². The number of rotatable bonds is 8. The second-order valence-electron chi connectivity index (χ2n) is 7.46. The van der Waals surface area contributed by atoms with Crippen molar-refractivity contribution < 1.29 is 23.9 Å². The molecule has 164 valence electrons. The van der Waals surface area contributed by atoms with Gasteiger partial charge in [0.15, 0.2) is 0 Å². The van der Waals surface area contributed by atoms with Crippen LogP contribution in [0.2, 0.25) is 0 Å². The largest absolute Gasteiger partial charge is 0.467 e. The first-order valence-electron chi connectivity index (χ1n) is 10.0. The van der Waals surface area contributed by atoms with E-state index in [0.717, 1.165) is 10.5 Å². The molecule has 31 heavy (non-hydrogen) atoms. The van der Waals surface area contributed by atoms with Gasteiger partial charge >= 0.3 is 12.1 Å². The summed E-state index contributed by atoms with van der Waals surface area (Å²) in [7, 11) is 1.30. The van der Waals surface area contributed by atoms with Gasteiger partial charge in [-0.2, -0.15) is 0 Å². The van der Waals surface area contributed by atoms with Crippen molar-refractivity contribution in [3.05, 3.63) is 66.2 Å². The monoisotopic (exact) mass is 442 g/mol. The lowest BCUT2D eigenvalue weighted by atomic mass is 9.96. The van der Waals surface area contributed by atoms with Crippen molar-refractivity contribution in [1.29, 1.82) is 0 Å².